The van der Waals surface area contributed by atoms with E-state index >= 15 is 0 Å². The lowest BCUT2D eigenvalue weighted by Gasteiger charge is -2.14. The number of hydrogen-bond acceptors (Lipinski definition) is 6. The summed E-state index contributed by atoms with van der Waals surface area (Å²) >= 11 is 0. The van der Waals surface area contributed by atoms with Gasteiger partial charge in [-0.1, -0.05) is 13.8 Å². The van der Waals surface area contributed by atoms with Gasteiger partial charge < -0.3 is 10.4 Å². The number of nitro groups is 2. The normalized spacial score (nSPS) is 10.6. The Labute approximate surface area is 148 Å². The fraction of sp³-hybridized carbons (Fsp3) is 0.235. The van der Waals surface area contributed by atoms with Gasteiger partial charge in [0.15, 0.2) is 0 Å². The van der Waals surface area contributed by atoms with Crippen molar-refractivity contribution in [2.24, 2.45) is 0 Å². The lowest BCUT2D eigenvalue weighted by Crippen LogP contribution is -2.14. The number of anilines is 1. The molecule has 0 saturated heterocycles. The molecule has 2 aromatic carbocycles. The molecule has 1 amide bonds. The molecule has 0 saturated carbocycles. The number of nitro benzene ring substituents is 2. The number of nitrogens with one attached hydrogen (secondary N) is 1. The standard InChI is InChI=1S/C17H17N3O6/c1-9(2)14-8-15(10(3)4-16(14)21)18-17(22)11-5-12(19(23)24)7-13(6-11)20(25)26/h4-9,21H,1-3H3,(H,18,22). The summed E-state index contributed by atoms with van der Waals surface area (Å²) in [4.78, 5) is 32.8. The van der Waals surface area contributed by atoms with E-state index in [1.807, 2.05) is 13.8 Å². The molecule has 9 heteroatoms. The Hall–Kier alpha value is -3.49. The van der Waals surface area contributed by atoms with Crippen molar-refractivity contribution < 1.29 is 19.7 Å². The molecule has 0 aliphatic heterocycles. The highest BCUT2D eigenvalue weighted by Gasteiger charge is 2.20. The quantitative estimate of drug-likeness (QED) is 0.472. The molecule has 0 radical (unpaired) electrons. The van der Waals surface area contributed by atoms with Crippen molar-refractivity contribution in [3.8, 4) is 5.75 Å². The summed E-state index contributed by atoms with van der Waals surface area (Å²) in [5.74, 6) is -0.619. The van der Waals surface area contributed by atoms with Gasteiger partial charge >= 0.3 is 0 Å². The van der Waals surface area contributed by atoms with Gasteiger partial charge in [0.2, 0.25) is 0 Å². The van der Waals surface area contributed by atoms with E-state index in [1.165, 1.54) is 6.07 Å². The van der Waals surface area contributed by atoms with Crippen molar-refractivity contribution in [3.63, 3.8) is 0 Å². The molecule has 9 nitrogen and oxygen atoms in total. The lowest BCUT2D eigenvalue weighted by atomic mass is 9.99. The summed E-state index contributed by atoms with van der Waals surface area (Å²) in [6.45, 7) is 5.43. The lowest BCUT2D eigenvalue weighted by molar-refractivity contribution is -0.394. The number of non-ortho nitro benzene ring substituents is 2. The van der Waals surface area contributed by atoms with E-state index in [0.29, 0.717) is 16.8 Å². The van der Waals surface area contributed by atoms with E-state index in [9.17, 15) is 30.1 Å². The predicted octanol–water partition coefficient (Wildman–Crippen LogP) is 3.89. The Morgan fingerprint density at radius 3 is 2.04 bits per heavy atom. The zero-order valence-electron chi connectivity index (χ0n) is 14.3. The third-order valence-corrected chi connectivity index (χ3v) is 3.83. The second-order valence-corrected chi connectivity index (χ2v) is 6.09. The van der Waals surface area contributed by atoms with Crippen LogP contribution in [0.25, 0.3) is 0 Å². The third-order valence-electron chi connectivity index (χ3n) is 3.83. The van der Waals surface area contributed by atoms with Crippen molar-refractivity contribution >= 4 is 23.0 Å². The number of phenols is 1. The first-order valence-corrected chi connectivity index (χ1v) is 7.69. The molecular formula is C17H17N3O6. The van der Waals surface area contributed by atoms with E-state index in [1.54, 1.807) is 13.0 Å². The highest BCUT2D eigenvalue weighted by molar-refractivity contribution is 6.05. The Bertz CT molecular complexity index is 875. The molecule has 2 N–H and O–H groups in total. The molecule has 0 aliphatic rings. The maximum absolute atomic E-state index is 12.5. The number of aryl methyl sites for hydroxylation is 1. The van der Waals surface area contributed by atoms with Crippen molar-refractivity contribution in [2.75, 3.05) is 5.32 Å². The first-order chi connectivity index (χ1) is 12.1. The van der Waals surface area contributed by atoms with Crippen LogP contribution < -0.4 is 5.32 Å². The zero-order chi connectivity index (χ0) is 19.6. The molecule has 2 aromatic rings. The SMILES string of the molecule is Cc1cc(O)c(C(C)C)cc1NC(=O)c1cc([N+](=O)[O-])cc([N+](=O)[O-])c1. The maximum atomic E-state index is 12.5. The van der Waals surface area contributed by atoms with Crippen molar-refractivity contribution in [1.82, 2.24) is 0 Å². The molecule has 136 valence electrons. The fourth-order valence-corrected chi connectivity index (χ4v) is 2.44. The van der Waals surface area contributed by atoms with Crippen LogP contribution in [0.15, 0.2) is 30.3 Å². The smallest absolute Gasteiger partial charge is 0.277 e. The minimum absolute atomic E-state index is 0.00477. The molecule has 26 heavy (non-hydrogen) atoms. The van der Waals surface area contributed by atoms with Gasteiger partial charge in [0.25, 0.3) is 17.3 Å². The molecule has 0 bridgehead atoms. The first-order valence-electron chi connectivity index (χ1n) is 7.69. The van der Waals surface area contributed by atoms with Crippen LogP contribution >= 0.6 is 0 Å². The topological polar surface area (TPSA) is 136 Å². The number of amides is 1. The third kappa shape index (κ3) is 3.94. The van der Waals surface area contributed by atoms with Gasteiger partial charge in [0.1, 0.15) is 5.75 Å². The molecule has 0 atom stereocenters. The van der Waals surface area contributed by atoms with Crippen LogP contribution in [-0.2, 0) is 0 Å². The number of carbonyl (C=O) groups excluding carboxylic acids is 1. The van der Waals surface area contributed by atoms with Gasteiger partial charge in [-0.3, -0.25) is 25.0 Å². The average Bonchev–Trinajstić information content (AvgIpc) is 2.56. The van der Waals surface area contributed by atoms with Crippen LogP contribution in [0, 0.1) is 27.2 Å². The Morgan fingerprint density at radius 2 is 1.58 bits per heavy atom. The molecular weight excluding hydrogens is 342 g/mol. The van der Waals surface area contributed by atoms with Crippen LogP contribution in [0.1, 0.15) is 41.3 Å². The summed E-state index contributed by atoms with van der Waals surface area (Å²) in [5.41, 5.74) is 0.315. The van der Waals surface area contributed by atoms with Crippen LogP contribution in [0.3, 0.4) is 0 Å². The number of nitrogens with zero attached hydrogens (tertiary/aromatic N) is 2. The average molecular weight is 359 g/mol. The van der Waals surface area contributed by atoms with Crippen molar-refractivity contribution in [3.05, 3.63) is 67.3 Å². The molecule has 2 rings (SSSR count). The number of hydrogen-bond donors (Lipinski definition) is 2. The second kappa shape index (κ2) is 7.18. The number of phenolic OH excluding ortho intramolecular Hbond substituents is 1. The predicted molar refractivity (Wildman–Crippen MR) is 94.6 cm³/mol. The van der Waals surface area contributed by atoms with Gasteiger partial charge in [0.05, 0.1) is 21.5 Å². The summed E-state index contributed by atoms with van der Waals surface area (Å²) in [7, 11) is 0. The van der Waals surface area contributed by atoms with E-state index in [-0.39, 0.29) is 17.2 Å². The van der Waals surface area contributed by atoms with E-state index < -0.39 is 27.1 Å². The number of aromatic hydroxyl groups is 1. The Morgan fingerprint density at radius 1 is 1.04 bits per heavy atom. The minimum atomic E-state index is -0.799. The summed E-state index contributed by atoms with van der Waals surface area (Å²) < 4.78 is 0. The highest BCUT2D eigenvalue weighted by atomic mass is 16.6. The van der Waals surface area contributed by atoms with Gasteiger partial charge in [-0.15, -0.1) is 0 Å². The minimum Gasteiger partial charge on any atom is -0.508 e. The number of benzene rings is 2. The van der Waals surface area contributed by atoms with Crippen LogP contribution in [0.5, 0.6) is 5.75 Å². The first kappa shape index (κ1) is 18.8. The molecule has 0 unspecified atom stereocenters. The largest absolute Gasteiger partial charge is 0.508 e. The van der Waals surface area contributed by atoms with Crippen molar-refractivity contribution in [1.29, 1.82) is 0 Å². The molecule has 0 spiro atoms. The monoisotopic (exact) mass is 359 g/mol. The van der Waals surface area contributed by atoms with E-state index in [0.717, 1.165) is 18.2 Å². The summed E-state index contributed by atoms with van der Waals surface area (Å²) in [6, 6.07) is 5.85. The number of carbonyl (C=O) groups is 1. The summed E-state index contributed by atoms with van der Waals surface area (Å²) in [6.07, 6.45) is 0. The van der Waals surface area contributed by atoms with Crippen LogP contribution in [0.2, 0.25) is 0 Å². The zero-order valence-corrected chi connectivity index (χ0v) is 14.3. The van der Waals surface area contributed by atoms with Gasteiger partial charge in [-0.05, 0) is 36.1 Å². The highest BCUT2D eigenvalue weighted by Crippen LogP contribution is 2.31. The second-order valence-electron chi connectivity index (χ2n) is 6.09. The summed E-state index contributed by atoms with van der Waals surface area (Å²) in [5, 5.41) is 34.4. The molecule has 0 heterocycles. The molecule has 0 aromatic heterocycles. The number of rotatable bonds is 5. The van der Waals surface area contributed by atoms with Gasteiger partial charge in [-0.2, -0.15) is 0 Å². The molecule has 0 aliphatic carbocycles. The maximum Gasteiger partial charge on any atom is 0.277 e. The van der Waals surface area contributed by atoms with Gasteiger partial charge in [0, 0.05) is 17.8 Å². The van der Waals surface area contributed by atoms with E-state index in [2.05, 4.69) is 5.32 Å². The van der Waals surface area contributed by atoms with Gasteiger partial charge in [-0.25, -0.2) is 0 Å². The van der Waals surface area contributed by atoms with E-state index in [4.69, 9.17) is 0 Å². The Balaban J connectivity index is 2.43. The van der Waals surface area contributed by atoms with Crippen molar-refractivity contribution in [2.45, 2.75) is 26.7 Å². The molecule has 0 fully saturated rings. The Kier molecular flexibility index (Phi) is 5.20. The van der Waals surface area contributed by atoms with Crippen LogP contribution in [-0.4, -0.2) is 20.9 Å². The fourth-order valence-electron chi connectivity index (χ4n) is 2.44. The van der Waals surface area contributed by atoms with Crippen LogP contribution in [0.4, 0.5) is 17.1 Å².